The summed E-state index contributed by atoms with van der Waals surface area (Å²) in [6.45, 7) is 0. The Balaban J connectivity index is 2.86. The lowest BCUT2D eigenvalue weighted by Gasteiger charge is -2.29. The molecule has 1 rings (SSSR count). The topological polar surface area (TPSA) is 44.5 Å². The van der Waals surface area contributed by atoms with Crippen LogP contribution in [0.1, 0.15) is 0 Å². The van der Waals surface area contributed by atoms with Gasteiger partial charge in [-0.1, -0.05) is 0 Å². The van der Waals surface area contributed by atoms with Crippen LogP contribution in [0.4, 0.5) is 45.2 Å². The lowest BCUT2D eigenvalue weighted by atomic mass is 10.3. The van der Waals surface area contributed by atoms with Crippen molar-refractivity contribution in [2.45, 2.75) is 30.9 Å². The number of nitrogens with two attached hydrogens (primary N) is 1. The average Bonchev–Trinajstić information content (AvgIpc) is 2.40. The van der Waals surface area contributed by atoms with E-state index in [1.807, 2.05) is 0 Å². The first-order valence-corrected chi connectivity index (χ1v) is 5.57. The predicted molar refractivity (Wildman–Crippen MR) is 58.3 cm³/mol. The van der Waals surface area contributed by atoms with E-state index in [-0.39, 0.29) is 5.69 Å². The third-order valence-corrected chi connectivity index (χ3v) is 2.31. The van der Waals surface area contributed by atoms with E-state index < -0.39 is 36.7 Å². The molecule has 0 spiro atoms. The largest absolute Gasteiger partial charge is 0.456 e. The molecular formula is C11H8F9NO2. The zero-order valence-electron chi connectivity index (χ0n) is 10.8. The van der Waals surface area contributed by atoms with Crippen LogP contribution in [0.15, 0.2) is 24.3 Å². The van der Waals surface area contributed by atoms with Crippen molar-refractivity contribution in [2.24, 2.45) is 0 Å². The molecule has 0 radical (unpaired) electrons. The molecule has 0 heterocycles. The normalized spacial score (nSPS) is 14.9. The summed E-state index contributed by atoms with van der Waals surface area (Å²) in [5.41, 5.74) is 5.31. The fraction of sp³-hybridized carbons (Fsp3) is 0.455. The second kappa shape index (κ2) is 6.34. The number of halogens is 9. The Kier molecular flexibility index (Phi) is 5.29. The zero-order valence-corrected chi connectivity index (χ0v) is 10.8. The van der Waals surface area contributed by atoms with Crippen molar-refractivity contribution in [3.05, 3.63) is 24.3 Å². The van der Waals surface area contributed by atoms with Gasteiger partial charge in [0.15, 0.2) is 0 Å². The maximum atomic E-state index is 13.2. The van der Waals surface area contributed by atoms with Crippen molar-refractivity contribution < 1.29 is 49.0 Å². The van der Waals surface area contributed by atoms with Crippen LogP contribution in [0.3, 0.4) is 0 Å². The minimum absolute atomic E-state index is 0.0943. The molecule has 1 aromatic carbocycles. The SMILES string of the molecule is Nc1ccc(OC(F)(F)C(F)OC(F)(F)C(F)(F)C(F)F)cc1. The van der Waals surface area contributed by atoms with Gasteiger partial charge >= 0.3 is 30.9 Å². The molecule has 23 heavy (non-hydrogen) atoms. The molecule has 0 amide bonds. The molecular weight excluding hydrogens is 349 g/mol. The van der Waals surface area contributed by atoms with Crippen molar-refractivity contribution in [1.29, 1.82) is 0 Å². The van der Waals surface area contributed by atoms with E-state index in [0.717, 1.165) is 24.3 Å². The Labute approximate surface area is 122 Å². The van der Waals surface area contributed by atoms with Crippen LogP contribution in [0, 0.1) is 0 Å². The van der Waals surface area contributed by atoms with Gasteiger partial charge in [-0.15, -0.1) is 0 Å². The van der Waals surface area contributed by atoms with Crippen LogP contribution < -0.4 is 10.5 Å². The maximum absolute atomic E-state index is 13.2. The van der Waals surface area contributed by atoms with Gasteiger partial charge in [0.25, 0.3) is 0 Å². The summed E-state index contributed by atoms with van der Waals surface area (Å²) in [5, 5.41) is 0. The summed E-state index contributed by atoms with van der Waals surface area (Å²) >= 11 is 0. The molecule has 1 atom stereocenters. The standard InChI is InChI=1S/C11H8F9NO2/c12-7(13)9(15,16)11(19,20)23-8(14)10(17,18)22-6-3-1-5(21)2-4-6/h1-4,7-8H,21H2. The Morgan fingerprint density at radius 2 is 1.35 bits per heavy atom. The first-order chi connectivity index (χ1) is 10.3. The van der Waals surface area contributed by atoms with Crippen LogP contribution in [0.5, 0.6) is 5.75 Å². The molecule has 12 heteroatoms. The number of hydrogen-bond donors (Lipinski definition) is 1. The Bertz CT molecular complexity index is 521. The summed E-state index contributed by atoms with van der Waals surface area (Å²) in [4.78, 5) is 0. The molecule has 0 aliphatic rings. The molecule has 0 fully saturated rings. The average molecular weight is 357 g/mol. The lowest BCUT2D eigenvalue weighted by Crippen LogP contribution is -2.52. The minimum atomic E-state index is -6.20. The third-order valence-electron chi connectivity index (χ3n) is 2.31. The van der Waals surface area contributed by atoms with Gasteiger partial charge < -0.3 is 10.5 Å². The molecule has 132 valence electrons. The second-order valence-corrected chi connectivity index (χ2v) is 4.11. The van der Waals surface area contributed by atoms with E-state index >= 15 is 0 Å². The van der Waals surface area contributed by atoms with Gasteiger partial charge in [-0.3, -0.25) is 4.74 Å². The highest BCUT2D eigenvalue weighted by atomic mass is 19.3. The zero-order chi connectivity index (χ0) is 18.1. The smallest absolute Gasteiger partial charge is 0.429 e. The van der Waals surface area contributed by atoms with Gasteiger partial charge in [-0.05, 0) is 24.3 Å². The molecule has 2 N–H and O–H groups in total. The van der Waals surface area contributed by atoms with Crippen molar-refractivity contribution >= 4 is 5.69 Å². The number of anilines is 1. The number of benzene rings is 1. The van der Waals surface area contributed by atoms with Gasteiger partial charge in [-0.25, -0.2) is 13.2 Å². The fourth-order valence-corrected chi connectivity index (χ4v) is 1.14. The van der Waals surface area contributed by atoms with E-state index in [9.17, 15) is 39.5 Å². The molecule has 1 unspecified atom stereocenters. The van der Waals surface area contributed by atoms with Crippen molar-refractivity contribution in [3.8, 4) is 5.75 Å². The summed E-state index contributed by atoms with van der Waals surface area (Å²) < 4.78 is 120. The summed E-state index contributed by atoms with van der Waals surface area (Å²) in [6.07, 6.45) is -20.8. The summed E-state index contributed by atoms with van der Waals surface area (Å²) in [7, 11) is 0. The summed E-state index contributed by atoms with van der Waals surface area (Å²) in [6, 6.07) is 3.64. The summed E-state index contributed by atoms with van der Waals surface area (Å²) in [5.74, 6) is -6.95. The quantitative estimate of drug-likeness (QED) is 0.592. The minimum Gasteiger partial charge on any atom is -0.429 e. The molecule has 1 aromatic rings. The van der Waals surface area contributed by atoms with E-state index in [0.29, 0.717) is 0 Å². The van der Waals surface area contributed by atoms with Crippen LogP contribution in [0.25, 0.3) is 0 Å². The molecule has 0 aliphatic heterocycles. The van der Waals surface area contributed by atoms with Gasteiger partial charge in [0.2, 0.25) is 0 Å². The van der Waals surface area contributed by atoms with E-state index in [2.05, 4.69) is 9.47 Å². The molecule has 0 saturated heterocycles. The number of nitrogen functional groups attached to an aromatic ring is 1. The first kappa shape index (κ1) is 19.2. The second-order valence-electron chi connectivity index (χ2n) is 4.11. The van der Waals surface area contributed by atoms with E-state index in [1.54, 1.807) is 0 Å². The Hall–Kier alpha value is -1.85. The van der Waals surface area contributed by atoms with Crippen LogP contribution in [-0.2, 0) is 4.74 Å². The van der Waals surface area contributed by atoms with Gasteiger partial charge in [0, 0.05) is 5.69 Å². The monoisotopic (exact) mass is 357 g/mol. The Morgan fingerprint density at radius 1 is 0.870 bits per heavy atom. The van der Waals surface area contributed by atoms with Gasteiger partial charge in [0.05, 0.1) is 0 Å². The fourth-order valence-electron chi connectivity index (χ4n) is 1.14. The van der Waals surface area contributed by atoms with Crippen molar-refractivity contribution in [2.75, 3.05) is 5.73 Å². The first-order valence-electron chi connectivity index (χ1n) is 5.57. The molecule has 0 bridgehead atoms. The molecule has 3 nitrogen and oxygen atoms in total. The van der Waals surface area contributed by atoms with Gasteiger partial charge in [-0.2, -0.15) is 26.3 Å². The van der Waals surface area contributed by atoms with E-state index in [1.165, 1.54) is 0 Å². The Morgan fingerprint density at radius 3 is 1.78 bits per heavy atom. The number of rotatable bonds is 7. The highest BCUT2D eigenvalue weighted by Gasteiger charge is 2.67. The number of ether oxygens (including phenoxy) is 2. The lowest BCUT2D eigenvalue weighted by molar-refractivity contribution is -0.430. The molecule has 0 saturated carbocycles. The predicted octanol–water partition coefficient (Wildman–Crippen LogP) is 4.05. The van der Waals surface area contributed by atoms with Crippen LogP contribution >= 0.6 is 0 Å². The van der Waals surface area contributed by atoms with Crippen molar-refractivity contribution in [3.63, 3.8) is 0 Å². The molecule has 0 aromatic heterocycles. The highest BCUT2D eigenvalue weighted by molar-refractivity contribution is 5.41. The van der Waals surface area contributed by atoms with Gasteiger partial charge in [0.1, 0.15) is 5.75 Å². The molecule has 0 aliphatic carbocycles. The van der Waals surface area contributed by atoms with Crippen LogP contribution in [-0.4, -0.2) is 30.9 Å². The maximum Gasteiger partial charge on any atom is 0.456 e. The van der Waals surface area contributed by atoms with E-state index in [4.69, 9.17) is 5.73 Å². The van der Waals surface area contributed by atoms with Crippen LogP contribution in [0.2, 0.25) is 0 Å². The highest BCUT2D eigenvalue weighted by Crippen LogP contribution is 2.42. The number of hydrogen-bond acceptors (Lipinski definition) is 3. The third kappa shape index (κ3) is 4.33. The van der Waals surface area contributed by atoms with Crippen molar-refractivity contribution in [1.82, 2.24) is 0 Å². The number of alkyl halides is 9.